The van der Waals surface area contributed by atoms with Gasteiger partial charge in [-0.15, -0.1) is 0 Å². The summed E-state index contributed by atoms with van der Waals surface area (Å²) in [5, 5.41) is 7.60. The number of rotatable bonds is 8. The zero-order valence-electron chi connectivity index (χ0n) is 13.7. The maximum atomic E-state index is 5.65. The summed E-state index contributed by atoms with van der Waals surface area (Å²) in [7, 11) is 0. The Morgan fingerprint density at radius 3 is 2.91 bits per heavy atom. The second kappa shape index (κ2) is 8.70. The van der Waals surface area contributed by atoms with Gasteiger partial charge in [0.1, 0.15) is 18.7 Å². The number of oxime groups is 1. The molecule has 1 atom stereocenters. The molecule has 1 aliphatic rings. The summed E-state index contributed by atoms with van der Waals surface area (Å²) >= 11 is 0. The van der Waals surface area contributed by atoms with E-state index in [0.29, 0.717) is 19.6 Å². The number of hydrogen-bond donors (Lipinski definition) is 1. The highest BCUT2D eigenvalue weighted by Gasteiger charge is 2.24. The van der Waals surface area contributed by atoms with Crippen LogP contribution < -0.4 is 5.32 Å². The lowest BCUT2D eigenvalue weighted by molar-refractivity contribution is 0.0830. The molecule has 0 radical (unpaired) electrons. The highest BCUT2D eigenvalue weighted by Crippen LogP contribution is 2.23. The predicted octanol–water partition coefficient (Wildman–Crippen LogP) is 2.32. The molecule has 6 nitrogen and oxygen atoms in total. The third-order valence-corrected chi connectivity index (χ3v) is 3.73. The van der Waals surface area contributed by atoms with Gasteiger partial charge in [-0.1, -0.05) is 19.0 Å². The summed E-state index contributed by atoms with van der Waals surface area (Å²) < 4.78 is 5.65. The number of nitrogens with zero attached hydrogens (tertiary/aromatic N) is 3. The van der Waals surface area contributed by atoms with Gasteiger partial charge in [0, 0.05) is 31.3 Å². The molecule has 0 amide bonds. The number of anilines is 1. The fraction of sp³-hybridized carbons (Fsp3) is 0.625. The molecule has 0 aromatic carbocycles. The SMILES string of the molecule is CCOC1C/C(=N\OCCN(CC)CC)c2cccnc2N1. The van der Waals surface area contributed by atoms with Crippen LogP contribution in [0.2, 0.25) is 0 Å². The summed E-state index contributed by atoms with van der Waals surface area (Å²) in [6, 6.07) is 3.91. The minimum absolute atomic E-state index is 0.0995. The Morgan fingerprint density at radius 2 is 2.18 bits per heavy atom. The molecule has 0 saturated heterocycles. The minimum Gasteiger partial charge on any atom is -0.394 e. The highest BCUT2D eigenvalue weighted by atomic mass is 16.6. The van der Waals surface area contributed by atoms with Crippen LogP contribution in [-0.4, -0.2) is 54.7 Å². The van der Waals surface area contributed by atoms with Crippen LogP contribution in [0.15, 0.2) is 23.5 Å². The van der Waals surface area contributed by atoms with Gasteiger partial charge >= 0.3 is 0 Å². The van der Waals surface area contributed by atoms with Crippen molar-refractivity contribution in [2.24, 2.45) is 5.16 Å². The molecule has 0 spiro atoms. The van der Waals surface area contributed by atoms with Gasteiger partial charge in [0.15, 0.2) is 0 Å². The van der Waals surface area contributed by atoms with E-state index >= 15 is 0 Å². The molecule has 6 heteroatoms. The van der Waals surface area contributed by atoms with Gasteiger partial charge in [-0.2, -0.15) is 0 Å². The lowest BCUT2D eigenvalue weighted by atomic mass is 10.0. The van der Waals surface area contributed by atoms with E-state index in [2.05, 4.69) is 34.2 Å². The second-order valence-electron chi connectivity index (χ2n) is 5.09. The first-order valence-electron chi connectivity index (χ1n) is 8.03. The standard InChI is InChI=1S/C16H26N4O2/c1-4-20(5-2)10-11-22-19-14-12-15(21-6-3)18-16-13(14)8-7-9-17-16/h7-9,15H,4-6,10-12H2,1-3H3,(H,17,18)/b19-14+. The molecule has 2 rings (SSSR count). The van der Waals surface area contributed by atoms with Crippen molar-refractivity contribution in [1.29, 1.82) is 0 Å². The van der Waals surface area contributed by atoms with Crippen molar-refractivity contribution in [3.63, 3.8) is 0 Å². The molecule has 1 unspecified atom stereocenters. The molecule has 0 saturated carbocycles. The van der Waals surface area contributed by atoms with Crippen LogP contribution in [-0.2, 0) is 9.57 Å². The molecule has 0 fully saturated rings. The fourth-order valence-electron chi connectivity index (χ4n) is 2.46. The Kier molecular flexibility index (Phi) is 6.61. The average Bonchev–Trinajstić information content (AvgIpc) is 2.55. The van der Waals surface area contributed by atoms with Crippen molar-refractivity contribution in [2.45, 2.75) is 33.4 Å². The van der Waals surface area contributed by atoms with Gasteiger partial charge in [-0.3, -0.25) is 0 Å². The Labute approximate surface area is 132 Å². The Bertz CT molecular complexity index is 489. The number of ether oxygens (including phenoxy) is 1. The van der Waals surface area contributed by atoms with Crippen LogP contribution in [0.4, 0.5) is 5.82 Å². The number of likely N-dealkylation sites (N-methyl/N-ethyl adjacent to an activating group) is 1. The van der Waals surface area contributed by atoms with E-state index in [1.807, 2.05) is 19.1 Å². The van der Waals surface area contributed by atoms with Gasteiger partial charge < -0.3 is 19.8 Å². The maximum Gasteiger partial charge on any atom is 0.137 e. The van der Waals surface area contributed by atoms with Gasteiger partial charge in [-0.05, 0) is 32.1 Å². The molecule has 2 heterocycles. The average molecular weight is 306 g/mol. The van der Waals surface area contributed by atoms with Gasteiger partial charge in [0.2, 0.25) is 0 Å². The summed E-state index contributed by atoms with van der Waals surface area (Å²) in [6.45, 7) is 10.5. The molecule has 0 bridgehead atoms. The largest absolute Gasteiger partial charge is 0.394 e. The normalized spacial score (nSPS) is 19.1. The van der Waals surface area contributed by atoms with Crippen molar-refractivity contribution in [3.8, 4) is 0 Å². The first-order chi connectivity index (χ1) is 10.8. The number of pyridine rings is 1. The van der Waals surface area contributed by atoms with Crippen molar-refractivity contribution in [2.75, 3.05) is 38.2 Å². The summed E-state index contributed by atoms with van der Waals surface area (Å²) in [4.78, 5) is 12.2. The summed E-state index contributed by atoms with van der Waals surface area (Å²) in [5.74, 6) is 0.804. The zero-order valence-corrected chi connectivity index (χ0v) is 13.7. The van der Waals surface area contributed by atoms with Gasteiger partial charge in [-0.25, -0.2) is 4.98 Å². The second-order valence-corrected chi connectivity index (χ2v) is 5.09. The number of aromatic nitrogens is 1. The van der Waals surface area contributed by atoms with E-state index in [4.69, 9.17) is 9.57 Å². The summed E-state index contributed by atoms with van der Waals surface area (Å²) in [5.41, 5.74) is 1.88. The summed E-state index contributed by atoms with van der Waals surface area (Å²) in [6.07, 6.45) is 2.34. The maximum absolute atomic E-state index is 5.65. The molecule has 1 aromatic rings. The zero-order chi connectivity index (χ0) is 15.8. The van der Waals surface area contributed by atoms with Crippen LogP contribution >= 0.6 is 0 Å². The Morgan fingerprint density at radius 1 is 1.36 bits per heavy atom. The number of fused-ring (bicyclic) bond motifs is 1. The van der Waals surface area contributed by atoms with Crippen LogP contribution in [0, 0.1) is 0 Å². The van der Waals surface area contributed by atoms with Gasteiger partial charge in [0.05, 0.1) is 5.71 Å². The van der Waals surface area contributed by atoms with E-state index in [-0.39, 0.29) is 6.23 Å². The Hall–Kier alpha value is -1.66. The molecule has 122 valence electrons. The van der Waals surface area contributed by atoms with Crippen LogP contribution in [0.1, 0.15) is 32.8 Å². The van der Waals surface area contributed by atoms with Crippen LogP contribution in [0.25, 0.3) is 0 Å². The minimum atomic E-state index is -0.0995. The van der Waals surface area contributed by atoms with Crippen molar-refractivity contribution >= 4 is 11.5 Å². The van der Waals surface area contributed by atoms with Crippen LogP contribution in [0.5, 0.6) is 0 Å². The molecule has 1 N–H and O–H groups in total. The van der Waals surface area contributed by atoms with E-state index < -0.39 is 0 Å². The molecule has 0 aliphatic carbocycles. The van der Waals surface area contributed by atoms with Crippen molar-refractivity contribution < 1.29 is 9.57 Å². The molecular weight excluding hydrogens is 280 g/mol. The number of nitrogens with one attached hydrogen (secondary N) is 1. The first kappa shape index (κ1) is 16.7. The highest BCUT2D eigenvalue weighted by molar-refractivity contribution is 6.05. The fourth-order valence-corrected chi connectivity index (χ4v) is 2.46. The van der Waals surface area contributed by atoms with E-state index in [1.54, 1.807) is 6.20 Å². The van der Waals surface area contributed by atoms with Crippen molar-refractivity contribution in [1.82, 2.24) is 9.88 Å². The molecule has 22 heavy (non-hydrogen) atoms. The molecular formula is C16H26N4O2. The van der Waals surface area contributed by atoms with E-state index in [0.717, 1.165) is 36.7 Å². The molecule has 1 aliphatic heterocycles. The van der Waals surface area contributed by atoms with Crippen molar-refractivity contribution in [3.05, 3.63) is 23.9 Å². The molecule has 1 aromatic heterocycles. The quantitative estimate of drug-likeness (QED) is 0.590. The van der Waals surface area contributed by atoms with Gasteiger partial charge in [0.25, 0.3) is 0 Å². The lowest BCUT2D eigenvalue weighted by Crippen LogP contribution is -2.33. The first-order valence-corrected chi connectivity index (χ1v) is 8.03. The third-order valence-electron chi connectivity index (χ3n) is 3.73. The third kappa shape index (κ3) is 4.42. The predicted molar refractivity (Wildman–Crippen MR) is 88.2 cm³/mol. The monoisotopic (exact) mass is 306 g/mol. The lowest BCUT2D eigenvalue weighted by Gasteiger charge is -2.26. The van der Waals surface area contributed by atoms with Crippen LogP contribution in [0.3, 0.4) is 0 Å². The smallest absolute Gasteiger partial charge is 0.137 e. The Balaban J connectivity index is 2.00. The number of hydrogen-bond acceptors (Lipinski definition) is 6. The topological polar surface area (TPSA) is 59.0 Å². The van der Waals surface area contributed by atoms with E-state index in [9.17, 15) is 0 Å². The van der Waals surface area contributed by atoms with E-state index in [1.165, 1.54) is 0 Å².